The highest BCUT2D eigenvalue weighted by Gasteiger charge is 2.33. The number of piperazine rings is 1. The van der Waals surface area contributed by atoms with E-state index in [4.69, 9.17) is 0 Å². The maximum absolute atomic E-state index is 13.3. The van der Waals surface area contributed by atoms with Crippen molar-refractivity contribution in [3.8, 4) is 0 Å². The van der Waals surface area contributed by atoms with Crippen LogP contribution < -0.4 is 5.32 Å². The average molecular weight is 382 g/mol. The van der Waals surface area contributed by atoms with Gasteiger partial charge in [0.15, 0.2) is 0 Å². The first-order valence-corrected chi connectivity index (χ1v) is 10.6. The quantitative estimate of drug-likeness (QED) is 0.844. The Balaban J connectivity index is 2.20. The number of rotatable bonds is 5. The lowest BCUT2D eigenvalue weighted by atomic mass is 10.0. The Morgan fingerprint density at radius 1 is 1.08 bits per heavy atom. The van der Waals surface area contributed by atoms with Crippen molar-refractivity contribution in [2.45, 2.75) is 52.5 Å². The molecule has 26 heavy (non-hydrogen) atoms. The molecular weight excluding hydrogens is 350 g/mol. The van der Waals surface area contributed by atoms with Crippen LogP contribution in [-0.2, 0) is 14.8 Å². The number of nitrogens with one attached hydrogen (secondary N) is 1. The molecule has 0 radical (unpaired) electrons. The number of likely N-dealkylation sites (N-methyl/N-ethyl adjacent to an activating group) is 1. The van der Waals surface area contributed by atoms with Crippen molar-refractivity contribution in [2.75, 3.05) is 32.7 Å². The third-order valence-electron chi connectivity index (χ3n) is 5.45. The Labute approximate surface area is 157 Å². The molecule has 1 atom stereocenters. The van der Waals surface area contributed by atoms with E-state index in [0.29, 0.717) is 37.6 Å². The average Bonchev–Trinajstić information content (AvgIpc) is 2.59. The van der Waals surface area contributed by atoms with Gasteiger partial charge in [-0.15, -0.1) is 0 Å². The van der Waals surface area contributed by atoms with E-state index in [1.54, 1.807) is 4.31 Å². The Kier molecular flexibility index (Phi) is 6.47. The summed E-state index contributed by atoms with van der Waals surface area (Å²) in [5.41, 5.74) is 3.64. The molecule has 6 nitrogen and oxygen atoms in total. The number of amides is 1. The normalized spacial score (nSPS) is 17.9. The summed E-state index contributed by atoms with van der Waals surface area (Å²) >= 11 is 0. The lowest BCUT2D eigenvalue weighted by Gasteiger charge is -2.37. The van der Waals surface area contributed by atoms with Crippen LogP contribution in [-0.4, -0.2) is 62.3 Å². The van der Waals surface area contributed by atoms with Gasteiger partial charge in [-0.05, 0) is 63.8 Å². The molecule has 1 heterocycles. The summed E-state index contributed by atoms with van der Waals surface area (Å²) in [5.74, 6) is -0.00944. The molecule has 7 heteroatoms. The van der Waals surface area contributed by atoms with Crippen molar-refractivity contribution >= 4 is 15.9 Å². The zero-order valence-electron chi connectivity index (χ0n) is 16.7. The van der Waals surface area contributed by atoms with Crippen LogP contribution in [0.2, 0.25) is 0 Å². The fourth-order valence-electron chi connectivity index (χ4n) is 3.52. The van der Waals surface area contributed by atoms with E-state index in [-0.39, 0.29) is 11.9 Å². The first kappa shape index (κ1) is 20.9. The van der Waals surface area contributed by atoms with Crippen LogP contribution in [0.1, 0.15) is 36.1 Å². The lowest BCUT2D eigenvalue weighted by molar-refractivity contribution is -0.126. The molecule has 0 unspecified atom stereocenters. The SMILES string of the molecule is CCNC(=O)[C@H](C)N1CCN(S(=O)(=O)c2c(C)c(C)cc(C)c2C)CC1. The van der Waals surface area contributed by atoms with E-state index < -0.39 is 10.0 Å². The molecule has 1 aliphatic heterocycles. The van der Waals surface area contributed by atoms with Crippen molar-refractivity contribution in [3.63, 3.8) is 0 Å². The van der Waals surface area contributed by atoms with Crippen molar-refractivity contribution in [3.05, 3.63) is 28.3 Å². The van der Waals surface area contributed by atoms with Gasteiger partial charge in [-0.25, -0.2) is 8.42 Å². The predicted molar refractivity (Wildman–Crippen MR) is 104 cm³/mol. The summed E-state index contributed by atoms with van der Waals surface area (Å²) in [7, 11) is -3.54. The summed E-state index contributed by atoms with van der Waals surface area (Å²) in [6.07, 6.45) is 0. The first-order chi connectivity index (χ1) is 12.1. The van der Waals surface area contributed by atoms with Gasteiger partial charge in [0, 0.05) is 32.7 Å². The minimum Gasteiger partial charge on any atom is -0.355 e. The zero-order valence-corrected chi connectivity index (χ0v) is 17.5. The van der Waals surface area contributed by atoms with Crippen LogP contribution in [0.15, 0.2) is 11.0 Å². The zero-order chi connectivity index (χ0) is 19.6. The molecule has 0 saturated carbocycles. The number of sulfonamides is 1. The van der Waals surface area contributed by atoms with E-state index >= 15 is 0 Å². The molecule has 1 fully saturated rings. The molecule has 1 aliphatic rings. The van der Waals surface area contributed by atoms with Crippen LogP contribution in [0, 0.1) is 27.7 Å². The Hall–Kier alpha value is -1.44. The van der Waals surface area contributed by atoms with Crippen LogP contribution in [0.4, 0.5) is 0 Å². The van der Waals surface area contributed by atoms with E-state index in [9.17, 15) is 13.2 Å². The molecule has 0 aliphatic carbocycles. The monoisotopic (exact) mass is 381 g/mol. The van der Waals surface area contributed by atoms with Gasteiger partial charge >= 0.3 is 0 Å². The molecule has 2 rings (SSSR count). The van der Waals surface area contributed by atoms with Gasteiger partial charge < -0.3 is 5.32 Å². The third-order valence-corrected chi connectivity index (χ3v) is 7.62. The molecule has 1 aromatic carbocycles. The molecule has 0 bridgehead atoms. The number of carbonyl (C=O) groups excluding carboxylic acids is 1. The molecule has 1 amide bonds. The van der Waals surface area contributed by atoms with Crippen molar-refractivity contribution < 1.29 is 13.2 Å². The number of benzene rings is 1. The minimum atomic E-state index is -3.54. The standard InChI is InChI=1S/C19H31N3O3S/c1-7-20-19(23)17(6)21-8-10-22(11-9-21)26(24,25)18-15(4)13(2)12-14(3)16(18)5/h12,17H,7-11H2,1-6H3,(H,20,23)/t17-/m0/s1. The van der Waals surface area contributed by atoms with Crippen LogP contribution >= 0.6 is 0 Å². The smallest absolute Gasteiger partial charge is 0.243 e. The Morgan fingerprint density at radius 2 is 1.58 bits per heavy atom. The van der Waals surface area contributed by atoms with Crippen molar-refractivity contribution in [1.82, 2.24) is 14.5 Å². The molecule has 1 N–H and O–H groups in total. The minimum absolute atomic E-state index is 0.00944. The fourth-order valence-corrected chi connectivity index (χ4v) is 5.51. The predicted octanol–water partition coefficient (Wildman–Crippen LogP) is 1.75. The second kappa shape index (κ2) is 8.06. The summed E-state index contributed by atoms with van der Waals surface area (Å²) in [5, 5.41) is 2.82. The van der Waals surface area contributed by atoms with Gasteiger partial charge in [0.1, 0.15) is 0 Å². The van der Waals surface area contributed by atoms with Crippen molar-refractivity contribution in [1.29, 1.82) is 0 Å². The largest absolute Gasteiger partial charge is 0.355 e. The highest BCUT2D eigenvalue weighted by atomic mass is 32.2. The molecule has 1 aromatic rings. The maximum Gasteiger partial charge on any atom is 0.243 e. The Bertz CT molecular complexity index is 755. The number of hydrogen-bond donors (Lipinski definition) is 1. The summed E-state index contributed by atoms with van der Waals surface area (Å²) < 4.78 is 28.1. The first-order valence-electron chi connectivity index (χ1n) is 9.20. The second-order valence-electron chi connectivity index (χ2n) is 7.10. The number of hydrogen-bond acceptors (Lipinski definition) is 4. The molecule has 1 saturated heterocycles. The number of nitrogens with zero attached hydrogens (tertiary/aromatic N) is 2. The Morgan fingerprint density at radius 3 is 2.04 bits per heavy atom. The van der Waals surface area contributed by atoms with Gasteiger partial charge in [-0.3, -0.25) is 9.69 Å². The van der Waals surface area contributed by atoms with Crippen molar-refractivity contribution in [2.24, 2.45) is 0 Å². The van der Waals surface area contributed by atoms with Gasteiger partial charge in [0.05, 0.1) is 10.9 Å². The van der Waals surface area contributed by atoms with Gasteiger partial charge in [0.2, 0.25) is 15.9 Å². The second-order valence-corrected chi connectivity index (χ2v) is 8.97. The van der Waals surface area contributed by atoms with Gasteiger partial charge in [-0.1, -0.05) is 6.07 Å². The van der Waals surface area contributed by atoms with Crippen LogP contribution in [0.5, 0.6) is 0 Å². The summed E-state index contributed by atoms with van der Waals surface area (Å²) in [6.45, 7) is 13.9. The molecular formula is C19H31N3O3S. The van der Waals surface area contributed by atoms with E-state index in [0.717, 1.165) is 22.3 Å². The topological polar surface area (TPSA) is 69.7 Å². The number of carbonyl (C=O) groups is 1. The third kappa shape index (κ3) is 3.94. The summed E-state index contributed by atoms with van der Waals surface area (Å²) in [4.78, 5) is 14.5. The van der Waals surface area contributed by atoms with E-state index in [2.05, 4.69) is 5.32 Å². The maximum atomic E-state index is 13.3. The molecule has 0 aromatic heterocycles. The highest BCUT2D eigenvalue weighted by Crippen LogP contribution is 2.29. The lowest BCUT2D eigenvalue weighted by Crippen LogP contribution is -2.55. The summed E-state index contributed by atoms with van der Waals surface area (Å²) in [6, 6.07) is 1.79. The van der Waals surface area contributed by atoms with E-state index in [1.165, 1.54) is 0 Å². The molecule has 0 spiro atoms. The molecule has 146 valence electrons. The van der Waals surface area contributed by atoms with Gasteiger partial charge in [0.25, 0.3) is 0 Å². The fraction of sp³-hybridized carbons (Fsp3) is 0.632. The highest BCUT2D eigenvalue weighted by molar-refractivity contribution is 7.89. The van der Waals surface area contributed by atoms with E-state index in [1.807, 2.05) is 52.5 Å². The van der Waals surface area contributed by atoms with Gasteiger partial charge in [-0.2, -0.15) is 4.31 Å². The van der Waals surface area contributed by atoms with Crippen LogP contribution in [0.25, 0.3) is 0 Å². The number of aryl methyl sites for hydroxylation is 2. The van der Waals surface area contributed by atoms with Crippen LogP contribution in [0.3, 0.4) is 0 Å².